The van der Waals surface area contributed by atoms with E-state index in [2.05, 4.69) is 54.6 Å². The Morgan fingerprint density at radius 3 is 1.66 bits per heavy atom. The summed E-state index contributed by atoms with van der Waals surface area (Å²) in [5.74, 6) is -0.277. The summed E-state index contributed by atoms with van der Waals surface area (Å²) in [7, 11) is 2.76. The minimum Gasteiger partial charge on any atom is -0.469 e. The van der Waals surface area contributed by atoms with Gasteiger partial charge in [-0.2, -0.15) is 0 Å². The summed E-state index contributed by atoms with van der Waals surface area (Å²) in [5.41, 5.74) is 14.8. The van der Waals surface area contributed by atoms with Crippen molar-refractivity contribution in [3.8, 4) is 22.3 Å². The van der Waals surface area contributed by atoms with Gasteiger partial charge in [0.15, 0.2) is 0 Å². The number of benzene rings is 3. The van der Waals surface area contributed by atoms with Crippen molar-refractivity contribution in [2.45, 2.75) is 129 Å². The molecule has 0 unspecified atom stereocenters. The van der Waals surface area contributed by atoms with Crippen LogP contribution in [0.15, 0.2) is 70.8 Å². The molecule has 0 radical (unpaired) electrons. The van der Waals surface area contributed by atoms with E-state index in [-0.39, 0.29) is 60.5 Å². The molecule has 0 N–H and O–H groups in total. The molecule has 2 amide bonds. The van der Waals surface area contributed by atoms with Crippen LogP contribution in [0.5, 0.6) is 0 Å². The molecule has 4 aliphatic heterocycles. The van der Waals surface area contributed by atoms with E-state index in [4.69, 9.17) is 19.5 Å². The number of allylic oxidation sites excluding steroid dienone is 1. The number of esters is 2. The van der Waals surface area contributed by atoms with Crippen molar-refractivity contribution >= 4 is 46.4 Å². The maximum atomic E-state index is 13.9. The fourth-order valence-electron chi connectivity index (χ4n) is 11.9. The largest absolute Gasteiger partial charge is 0.469 e. The fourth-order valence-corrected chi connectivity index (χ4v) is 11.9. The average Bonchev–Trinajstić information content (AvgIpc) is 4.16. The Hall–Kier alpha value is -5.38. The third kappa shape index (κ3) is 8.26. The van der Waals surface area contributed by atoms with Crippen LogP contribution >= 0.6 is 0 Å². The highest BCUT2D eigenvalue weighted by Gasteiger charge is 2.41. The molecule has 2 bridgehead atoms. The first-order valence-corrected chi connectivity index (χ1v) is 23.9. The van der Waals surface area contributed by atoms with Gasteiger partial charge in [0.25, 0.3) is 0 Å². The van der Waals surface area contributed by atoms with Crippen molar-refractivity contribution < 1.29 is 28.7 Å². The van der Waals surface area contributed by atoms with E-state index in [0.29, 0.717) is 31.3 Å². The molecule has 0 aromatic heterocycles. The molecule has 3 aromatic rings. The number of hydrogen-bond donors (Lipinski definition) is 0. The number of ether oxygens (including phenoxy) is 2. The Morgan fingerprint density at radius 2 is 1.12 bits per heavy atom. The fraction of sp³-hybridized carbons (Fsp3) is 0.519. The molecule has 10 rings (SSSR count). The molecule has 64 heavy (non-hydrogen) atoms. The number of fused-ring (bicyclic) bond motifs is 3. The van der Waals surface area contributed by atoms with Crippen molar-refractivity contribution in [3.05, 3.63) is 83.1 Å². The Morgan fingerprint density at radius 1 is 0.625 bits per heavy atom. The standard InChI is InChI=1S/C54H64N4O6/c1-31(2)42(28-49(59)63-5)53(61)57-23-7-9-47(57)45-27-39(30-55-45)33-11-13-34(14-12-33)40-20-21-41(52-36-17-15-35(16-18-36)51(40)52)37-19-22-44-38(25-37)26-46(56-44)48-10-8-24-58(48)54(62)43(32(3)4)29-50(60)64-6/h11-14,19-22,25,30-32,35-36,42-43,47-48H,7-10,15-18,23-24,26-29H2,1-6H3/t35?,36?,42-,43-,47-,48-/m0/s1. The number of carbonyl (C=O) groups is 4. The molecule has 10 nitrogen and oxygen atoms in total. The molecule has 3 aromatic carbocycles. The summed E-state index contributed by atoms with van der Waals surface area (Å²) in [6.45, 7) is 9.38. The van der Waals surface area contributed by atoms with Crippen molar-refractivity contribution in [1.82, 2.24) is 9.80 Å². The lowest BCUT2D eigenvalue weighted by atomic mass is 9.63. The van der Waals surface area contributed by atoms with Crippen LogP contribution in [0, 0.1) is 23.7 Å². The van der Waals surface area contributed by atoms with E-state index in [1.807, 2.05) is 43.7 Å². The number of likely N-dealkylation sites (tertiary alicyclic amines) is 2. The number of hydrogen-bond acceptors (Lipinski definition) is 8. The quantitative estimate of drug-likeness (QED) is 0.158. The van der Waals surface area contributed by atoms with E-state index in [1.165, 1.54) is 84.4 Å². The first kappa shape index (κ1) is 43.9. The molecule has 2 saturated heterocycles. The molecule has 336 valence electrons. The first-order chi connectivity index (χ1) is 30.9. The van der Waals surface area contributed by atoms with Crippen molar-refractivity contribution in [1.29, 1.82) is 0 Å². The minimum absolute atomic E-state index is 0.0292. The Balaban J connectivity index is 0.912. The summed E-state index contributed by atoms with van der Waals surface area (Å²) in [5, 5.41) is 0. The molecule has 7 aliphatic rings. The number of methoxy groups -OCH3 is 2. The Kier molecular flexibility index (Phi) is 12.5. The predicted octanol–water partition coefficient (Wildman–Crippen LogP) is 10.2. The number of aliphatic imine (C=N–C) groups is 2. The zero-order chi connectivity index (χ0) is 44.8. The van der Waals surface area contributed by atoms with Crippen LogP contribution in [0.2, 0.25) is 0 Å². The van der Waals surface area contributed by atoms with Crippen LogP contribution in [-0.4, -0.2) is 84.4 Å². The van der Waals surface area contributed by atoms with Gasteiger partial charge >= 0.3 is 11.9 Å². The molecule has 4 atom stereocenters. The van der Waals surface area contributed by atoms with Gasteiger partial charge in [0, 0.05) is 43.6 Å². The molecule has 3 fully saturated rings. The van der Waals surface area contributed by atoms with Gasteiger partial charge in [-0.25, -0.2) is 0 Å². The van der Waals surface area contributed by atoms with E-state index < -0.39 is 11.8 Å². The molecule has 1 saturated carbocycles. The van der Waals surface area contributed by atoms with Gasteiger partial charge in [0.05, 0.1) is 56.7 Å². The van der Waals surface area contributed by atoms with Crippen molar-refractivity contribution in [2.75, 3.05) is 27.3 Å². The number of nitrogens with zero attached hydrogens (tertiary/aromatic N) is 4. The lowest BCUT2D eigenvalue weighted by Gasteiger charge is -2.41. The third-order valence-electron chi connectivity index (χ3n) is 15.5. The van der Waals surface area contributed by atoms with E-state index in [0.717, 1.165) is 54.8 Å². The van der Waals surface area contributed by atoms with Crippen LogP contribution in [0.1, 0.15) is 132 Å². The van der Waals surface area contributed by atoms with Crippen LogP contribution in [-0.2, 0) is 35.1 Å². The topological polar surface area (TPSA) is 118 Å². The highest BCUT2D eigenvalue weighted by atomic mass is 16.5. The van der Waals surface area contributed by atoms with Gasteiger partial charge in [0.2, 0.25) is 11.8 Å². The minimum atomic E-state index is -0.405. The normalized spacial score (nSPS) is 23.2. The summed E-state index contributed by atoms with van der Waals surface area (Å²) in [6.07, 6.45) is 12.2. The lowest BCUT2D eigenvalue weighted by Crippen LogP contribution is -2.45. The zero-order valence-corrected chi connectivity index (χ0v) is 38.5. The number of amides is 2. The average molecular weight is 865 g/mol. The van der Waals surface area contributed by atoms with Crippen LogP contribution in [0.4, 0.5) is 5.69 Å². The second-order valence-corrected chi connectivity index (χ2v) is 19.8. The van der Waals surface area contributed by atoms with Crippen LogP contribution < -0.4 is 0 Å². The van der Waals surface area contributed by atoms with Gasteiger partial charge in [0.1, 0.15) is 0 Å². The van der Waals surface area contributed by atoms with E-state index >= 15 is 0 Å². The molecular formula is C54H64N4O6. The van der Waals surface area contributed by atoms with E-state index in [9.17, 15) is 19.2 Å². The molecule has 10 heteroatoms. The van der Waals surface area contributed by atoms with Crippen LogP contribution in [0.25, 0.3) is 27.8 Å². The van der Waals surface area contributed by atoms with Gasteiger partial charge in [-0.05, 0) is 137 Å². The maximum Gasteiger partial charge on any atom is 0.306 e. The smallest absolute Gasteiger partial charge is 0.306 e. The second-order valence-electron chi connectivity index (χ2n) is 19.8. The third-order valence-corrected chi connectivity index (χ3v) is 15.5. The lowest BCUT2D eigenvalue weighted by molar-refractivity contribution is -0.148. The number of rotatable bonds is 13. The van der Waals surface area contributed by atoms with Crippen molar-refractivity contribution in [2.24, 2.45) is 33.7 Å². The summed E-state index contributed by atoms with van der Waals surface area (Å²) >= 11 is 0. The Bertz CT molecular complexity index is 2420. The molecule has 4 heterocycles. The summed E-state index contributed by atoms with van der Waals surface area (Å²) in [4.78, 5) is 66.1. The molecular weight excluding hydrogens is 801 g/mol. The van der Waals surface area contributed by atoms with E-state index in [1.54, 1.807) is 0 Å². The van der Waals surface area contributed by atoms with Gasteiger partial charge in [-0.3, -0.25) is 29.2 Å². The highest BCUT2D eigenvalue weighted by molar-refractivity contribution is 6.04. The van der Waals surface area contributed by atoms with Gasteiger partial charge in [-0.1, -0.05) is 70.2 Å². The summed E-state index contributed by atoms with van der Waals surface area (Å²) in [6, 6.07) is 20.4. The number of carbonyl (C=O) groups excluding carboxylic acids is 4. The SMILES string of the molecule is COC(=O)C[C@H](C(=O)N1CCC[C@H]1C1=NC=C(c2ccc(-c3ccc(-c4ccc5c(c4)CC([C@@H]4CCCN4C(=O)[C@@H](CC(=O)OC)C(C)C)=N5)c4c3C3CCC4CC3)cc2)C1)C(C)C. The predicted molar refractivity (Wildman–Crippen MR) is 251 cm³/mol. The highest BCUT2D eigenvalue weighted by Crippen LogP contribution is 2.55. The monoisotopic (exact) mass is 864 g/mol. The van der Waals surface area contributed by atoms with Gasteiger partial charge in [-0.15, -0.1) is 0 Å². The van der Waals surface area contributed by atoms with Crippen molar-refractivity contribution in [3.63, 3.8) is 0 Å². The summed E-state index contributed by atoms with van der Waals surface area (Å²) < 4.78 is 9.87. The maximum absolute atomic E-state index is 13.9. The first-order valence-electron chi connectivity index (χ1n) is 23.9. The second kappa shape index (κ2) is 18.2. The zero-order valence-electron chi connectivity index (χ0n) is 38.5. The molecule has 0 spiro atoms. The van der Waals surface area contributed by atoms with Crippen LogP contribution in [0.3, 0.4) is 0 Å². The van der Waals surface area contributed by atoms with Gasteiger partial charge < -0.3 is 19.3 Å². The molecule has 3 aliphatic carbocycles. The Labute approximate surface area is 378 Å².